The third-order valence-corrected chi connectivity index (χ3v) is 1.43. The van der Waals surface area contributed by atoms with Crippen LogP contribution < -0.4 is 4.74 Å². The van der Waals surface area contributed by atoms with Gasteiger partial charge in [-0.3, -0.25) is 0 Å². The molecule has 13 heavy (non-hydrogen) atoms. The van der Waals surface area contributed by atoms with Crippen LogP contribution >= 0.6 is 0 Å². The van der Waals surface area contributed by atoms with Gasteiger partial charge < -0.3 is 4.74 Å². The van der Waals surface area contributed by atoms with E-state index < -0.39 is 5.82 Å². The van der Waals surface area contributed by atoms with Crippen molar-refractivity contribution in [3.05, 3.63) is 29.6 Å². The molecule has 0 aliphatic carbocycles. The number of hydrogen-bond donors (Lipinski definition) is 0. The highest BCUT2D eigenvalue weighted by atomic mass is 19.1. The van der Waals surface area contributed by atoms with Crippen LogP contribution in [0.4, 0.5) is 4.39 Å². The van der Waals surface area contributed by atoms with Gasteiger partial charge in [-0.2, -0.15) is 5.26 Å². The van der Waals surface area contributed by atoms with Crippen molar-refractivity contribution in [1.82, 2.24) is 0 Å². The maximum Gasteiger partial charge on any atom is 0.152 e. The fourth-order valence-electron chi connectivity index (χ4n) is 0.819. The van der Waals surface area contributed by atoms with E-state index in [2.05, 4.69) is 11.8 Å². The molecule has 0 fully saturated rings. The number of methoxy groups -OCH3 is 1. The number of benzene rings is 1. The Kier molecular flexibility index (Phi) is 2.89. The lowest BCUT2D eigenvalue weighted by atomic mass is 10.2. The van der Waals surface area contributed by atoms with Gasteiger partial charge >= 0.3 is 0 Å². The van der Waals surface area contributed by atoms with Crippen LogP contribution in [-0.4, -0.2) is 7.11 Å². The lowest BCUT2D eigenvalue weighted by Gasteiger charge is -1.99. The summed E-state index contributed by atoms with van der Waals surface area (Å²) in [7, 11) is 1.45. The summed E-state index contributed by atoms with van der Waals surface area (Å²) in [4.78, 5) is 0. The van der Waals surface area contributed by atoms with Crippen molar-refractivity contribution in [2.75, 3.05) is 7.11 Å². The van der Waals surface area contributed by atoms with Crippen LogP contribution in [0.1, 0.15) is 5.56 Å². The van der Waals surface area contributed by atoms with Crippen LogP contribution in [0, 0.1) is 29.0 Å². The highest BCUT2D eigenvalue weighted by Crippen LogP contribution is 2.14. The van der Waals surface area contributed by atoms with Crippen molar-refractivity contribution in [1.29, 1.82) is 5.26 Å². The van der Waals surface area contributed by atoms with Crippen LogP contribution in [0.2, 0.25) is 0 Å². The maximum absolute atomic E-state index is 13.1. The maximum atomic E-state index is 13.1. The van der Waals surface area contributed by atoms with Crippen LogP contribution in [-0.2, 0) is 0 Å². The van der Waals surface area contributed by atoms with Gasteiger partial charge in [0.1, 0.15) is 11.6 Å². The molecule has 1 aromatic carbocycles. The molecule has 0 saturated heterocycles. The number of halogens is 1. The predicted octanol–water partition coefficient (Wildman–Crippen LogP) is 1.71. The van der Waals surface area contributed by atoms with Crippen molar-refractivity contribution < 1.29 is 9.13 Å². The first-order chi connectivity index (χ1) is 6.27. The summed E-state index contributed by atoms with van der Waals surface area (Å²) < 4.78 is 17.9. The predicted molar refractivity (Wildman–Crippen MR) is 45.4 cm³/mol. The summed E-state index contributed by atoms with van der Waals surface area (Å²) in [6.07, 6.45) is 0. The van der Waals surface area contributed by atoms with Gasteiger partial charge in [-0.25, -0.2) is 4.39 Å². The highest BCUT2D eigenvalue weighted by molar-refractivity contribution is 5.41. The third kappa shape index (κ3) is 2.21. The van der Waals surface area contributed by atoms with E-state index in [0.717, 1.165) is 0 Å². The average molecular weight is 175 g/mol. The number of rotatable bonds is 1. The van der Waals surface area contributed by atoms with Crippen molar-refractivity contribution >= 4 is 0 Å². The lowest BCUT2D eigenvalue weighted by Crippen LogP contribution is -1.87. The third-order valence-electron chi connectivity index (χ3n) is 1.43. The van der Waals surface area contributed by atoms with Crippen molar-refractivity contribution in [2.45, 2.75) is 0 Å². The molecular formula is C10H6FNO. The molecule has 0 unspecified atom stereocenters. The molecule has 1 rings (SSSR count). The fourth-order valence-corrected chi connectivity index (χ4v) is 0.819. The Labute approximate surface area is 75.6 Å². The summed E-state index contributed by atoms with van der Waals surface area (Å²) >= 11 is 0. The second kappa shape index (κ2) is 4.13. The molecule has 2 nitrogen and oxygen atoms in total. The molecule has 1 aromatic rings. The molecule has 0 atom stereocenters. The van der Waals surface area contributed by atoms with Gasteiger partial charge in [0, 0.05) is 12.0 Å². The monoisotopic (exact) mass is 175 g/mol. The Hall–Kier alpha value is -2.00. The number of hydrogen-bond acceptors (Lipinski definition) is 2. The van der Waals surface area contributed by atoms with E-state index in [4.69, 9.17) is 10.00 Å². The van der Waals surface area contributed by atoms with Crippen LogP contribution in [0.25, 0.3) is 0 Å². The molecular weight excluding hydrogens is 169 g/mol. The van der Waals surface area contributed by atoms with Gasteiger partial charge in [0.25, 0.3) is 0 Å². The number of nitrogens with zero attached hydrogens (tertiary/aromatic N) is 1. The second-order valence-corrected chi connectivity index (χ2v) is 2.21. The first kappa shape index (κ1) is 9.09. The van der Waals surface area contributed by atoms with Crippen molar-refractivity contribution in [2.24, 2.45) is 0 Å². The first-order valence-electron chi connectivity index (χ1n) is 3.51. The molecule has 0 aromatic heterocycles. The topological polar surface area (TPSA) is 33.0 Å². The van der Waals surface area contributed by atoms with Gasteiger partial charge in [0.05, 0.1) is 12.7 Å². The fraction of sp³-hybridized carbons (Fsp3) is 0.100. The number of ether oxygens (including phenoxy) is 1. The molecule has 0 radical (unpaired) electrons. The summed E-state index contributed by atoms with van der Waals surface area (Å²) in [6, 6.07) is 5.90. The molecule has 0 amide bonds. The van der Waals surface area contributed by atoms with Crippen molar-refractivity contribution in [3.63, 3.8) is 0 Å². The van der Waals surface area contributed by atoms with Crippen LogP contribution in [0.15, 0.2) is 18.2 Å². The second-order valence-electron chi connectivity index (χ2n) is 2.21. The Morgan fingerprint density at radius 2 is 2.23 bits per heavy atom. The van der Waals surface area contributed by atoms with E-state index in [0.29, 0.717) is 5.75 Å². The molecule has 0 bridgehead atoms. The minimum absolute atomic E-state index is 0.197. The molecule has 0 heterocycles. The van der Waals surface area contributed by atoms with Gasteiger partial charge in [-0.1, -0.05) is 0 Å². The largest absolute Gasteiger partial charge is 0.497 e. The minimum Gasteiger partial charge on any atom is -0.497 e. The Balaban J connectivity index is 3.07. The van der Waals surface area contributed by atoms with Gasteiger partial charge in [-0.15, -0.1) is 0 Å². The first-order valence-corrected chi connectivity index (χ1v) is 3.51. The summed E-state index contributed by atoms with van der Waals surface area (Å²) in [5.74, 6) is 4.44. The van der Waals surface area contributed by atoms with E-state index in [1.807, 2.05) is 0 Å². The summed E-state index contributed by atoms with van der Waals surface area (Å²) in [6.45, 7) is 0. The van der Waals surface area contributed by atoms with E-state index in [-0.39, 0.29) is 5.56 Å². The quantitative estimate of drug-likeness (QED) is 0.608. The smallest absolute Gasteiger partial charge is 0.152 e. The summed E-state index contributed by atoms with van der Waals surface area (Å²) in [5.41, 5.74) is 0.197. The number of nitriles is 1. The van der Waals surface area contributed by atoms with E-state index in [1.165, 1.54) is 19.2 Å². The molecule has 0 aliphatic rings. The molecule has 0 saturated carbocycles. The Morgan fingerprint density at radius 3 is 2.77 bits per heavy atom. The molecule has 0 aliphatic heterocycles. The molecule has 64 valence electrons. The summed E-state index contributed by atoms with van der Waals surface area (Å²) in [5, 5.41) is 8.15. The SMILES string of the molecule is COc1ccc(C#CC#N)c(F)c1. The minimum atomic E-state index is -0.484. The van der Waals surface area contributed by atoms with Crippen molar-refractivity contribution in [3.8, 4) is 23.7 Å². The van der Waals surface area contributed by atoms with Crippen LogP contribution in [0.3, 0.4) is 0 Å². The average Bonchev–Trinajstić information content (AvgIpc) is 2.16. The Bertz CT molecular complexity index is 409. The molecule has 3 heteroatoms. The zero-order valence-corrected chi connectivity index (χ0v) is 6.97. The molecule has 0 N–H and O–H groups in total. The van der Waals surface area contributed by atoms with Gasteiger partial charge in [0.2, 0.25) is 0 Å². The standard InChI is InChI=1S/C10H6FNO/c1-13-9-5-4-8(3-2-6-12)10(11)7-9/h4-5,7H,1H3. The normalized spacial score (nSPS) is 8.08. The Morgan fingerprint density at radius 1 is 1.46 bits per heavy atom. The zero-order chi connectivity index (χ0) is 9.68. The lowest BCUT2D eigenvalue weighted by molar-refractivity contribution is 0.411. The van der Waals surface area contributed by atoms with Gasteiger partial charge in [0.15, 0.2) is 6.07 Å². The van der Waals surface area contributed by atoms with Crippen LogP contribution in [0.5, 0.6) is 5.75 Å². The van der Waals surface area contributed by atoms with E-state index >= 15 is 0 Å². The highest BCUT2D eigenvalue weighted by Gasteiger charge is 2.00. The molecule has 0 spiro atoms. The zero-order valence-electron chi connectivity index (χ0n) is 6.97. The van der Waals surface area contributed by atoms with Gasteiger partial charge in [-0.05, 0) is 18.1 Å². The van der Waals surface area contributed by atoms with E-state index in [1.54, 1.807) is 12.1 Å². The van der Waals surface area contributed by atoms with E-state index in [9.17, 15) is 4.39 Å².